The molecule has 0 aliphatic carbocycles. The van der Waals surface area contributed by atoms with Crippen molar-refractivity contribution in [2.75, 3.05) is 12.4 Å². The van der Waals surface area contributed by atoms with Gasteiger partial charge in [-0.2, -0.15) is 11.8 Å². The van der Waals surface area contributed by atoms with Gasteiger partial charge in [0.15, 0.2) is 0 Å². The molecule has 0 aliphatic heterocycles. The van der Waals surface area contributed by atoms with Crippen LogP contribution in [0.2, 0.25) is 5.02 Å². The van der Waals surface area contributed by atoms with Gasteiger partial charge < -0.3 is 4.74 Å². The summed E-state index contributed by atoms with van der Waals surface area (Å²) in [7, 11) is 0. The van der Waals surface area contributed by atoms with E-state index in [0.717, 1.165) is 23.7 Å². The van der Waals surface area contributed by atoms with Gasteiger partial charge in [0.1, 0.15) is 5.82 Å². The minimum absolute atomic E-state index is 0.273. The highest BCUT2D eigenvalue weighted by Gasteiger charge is 2.02. The molecule has 0 spiro atoms. The van der Waals surface area contributed by atoms with Crippen LogP contribution in [0.3, 0.4) is 0 Å². The molecule has 0 saturated heterocycles. The quantitative estimate of drug-likeness (QED) is 0.713. The summed E-state index contributed by atoms with van der Waals surface area (Å²) in [5, 5.41) is 0.497. The van der Waals surface area contributed by atoms with Crippen molar-refractivity contribution < 1.29 is 9.13 Å². The average Bonchev–Trinajstić information content (AvgIpc) is 2.20. The van der Waals surface area contributed by atoms with Gasteiger partial charge in [-0.05, 0) is 31.5 Å². The number of benzene rings is 1. The van der Waals surface area contributed by atoms with Crippen molar-refractivity contribution in [1.82, 2.24) is 0 Å². The Kier molecular flexibility index (Phi) is 6.17. The standard InChI is InChI=1S/C12H16ClFOS/c1-9(2)15-5-6-16-8-10-3-4-11(14)7-12(10)13/h3-4,7,9H,5-6,8H2,1-2H3. The van der Waals surface area contributed by atoms with Gasteiger partial charge in [0.05, 0.1) is 12.7 Å². The van der Waals surface area contributed by atoms with Crippen molar-refractivity contribution >= 4 is 23.4 Å². The van der Waals surface area contributed by atoms with Crippen LogP contribution in [0.15, 0.2) is 18.2 Å². The number of thioether (sulfide) groups is 1. The maximum absolute atomic E-state index is 12.8. The van der Waals surface area contributed by atoms with Gasteiger partial charge in [0.25, 0.3) is 0 Å². The molecule has 0 aliphatic rings. The van der Waals surface area contributed by atoms with E-state index < -0.39 is 0 Å². The van der Waals surface area contributed by atoms with Crippen LogP contribution in [0.5, 0.6) is 0 Å². The molecule has 0 heterocycles. The lowest BCUT2D eigenvalue weighted by Gasteiger charge is -2.07. The summed E-state index contributed by atoms with van der Waals surface area (Å²) >= 11 is 7.64. The number of hydrogen-bond donors (Lipinski definition) is 0. The van der Waals surface area contributed by atoms with E-state index in [2.05, 4.69) is 0 Å². The molecule has 0 atom stereocenters. The number of halogens is 2. The second-order valence-corrected chi connectivity index (χ2v) is 5.22. The fourth-order valence-electron chi connectivity index (χ4n) is 1.16. The van der Waals surface area contributed by atoms with Gasteiger partial charge in [-0.15, -0.1) is 0 Å². The molecule has 0 saturated carbocycles. The Labute approximate surface area is 105 Å². The zero-order chi connectivity index (χ0) is 12.0. The molecule has 0 fully saturated rings. The Hall–Kier alpha value is -0.250. The Morgan fingerprint density at radius 2 is 2.19 bits per heavy atom. The fraction of sp³-hybridized carbons (Fsp3) is 0.500. The fourth-order valence-corrected chi connectivity index (χ4v) is 2.31. The van der Waals surface area contributed by atoms with Crippen molar-refractivity contribution in [3.8, 4) is 0 Å². The van der Waals surface area contributed by atoms with Gasteiger partial charge >= 0.3 is 0 Å². The predicted octanol–water partition coefficient (Wildman–Crippen LogP) is 4.14. The van der Waals surface area contributed by atoms with Crippen LogP contribution < -0.4 is 0 Å². The predicted molar refractivity (Wildman–Crippen MR) is 68.7 cm³/mol. The Balaban J connectivity index is 2.27. The molecule has 90 valence electrons. The summed E-state index contributed by atoms with van der Waals surface area (Å²) in [6.07, 6.45) is 0.273. The van der Waals surface area contributed by atoms with Gasteiger partial charge in [0.2, 0.25) is 0 Å². The molecule has 16 heavy (non-hydrogen) atoms. The highest BCUT2D eigenvalue weighted by molar-refractivity contribution is 7.98. The largest absolute Gasteiger partial charge is 0.378 e. The SMILES string of the molecule is CC(C)OCCSCc1ccc(F)cc1Cl. The molecule has 1 aromatic carbocycles. The first-order valence-corrected chi connectivity index (χ1v) is 6.76. The molecule has 0 amide bonds. The zero-order valence-electron chi connectivity index (χ0n) is 9.50. The molecule has 0 aromatic heterocycles. The molecule has 0 bridgehead atoms. The Morgan fingerprint density at radius 3 is 2.81 bits per heavy atom. The van der Waals surface area contributed by atoms with Crippen LogP contribution in [0.1, 0.15) is 19.4 Å². The van der Waals surface area contributed by atoms with E-state index >= 15 is 0 Å². The minimum Gasteiger partial charge on any atom is -0.378 e. The maximum atomic E-state index is 12.8. The summed E-state index contributed by atoms with van der Waals surface area (Å²) in [4.78, 5) is 0. The summed E-state index contributed by atoms with van der Waals surface area (Å²) in [5.41, 5.74) is 0.970. The van der Waals surface area contributed by atoms with Crippen molar-refractivity contribution in [2.45, 2.75) is 25.7 Å². The first-order valence-electron chi connectivity index (χ1n) is 5.23. The van der Waals surface area contributed by atoms with Crippen LogP contribution >= 0.6 is 23.4 Å². The van der Waals surface area contributed by atoms with Gasteiger partial charge in [-0.25, -0.2) is 4.39 Å². The molecular weight excluding hydrogens is 247 g/mol. The number of hydrogen-bond acceptors (Lipinski definition) is 2. The summed E-state index contributed by atoms with van der Waals surface area (Å²) in [6, 6.07) is 4.52. The molecular formula is C12H16ClFOS. The molecule has 0 N–H and O–H groups in total. The van der Waals surface area contributed by atoms with Crippen LogP contribution in [0.4, 0.5) is 4.39 Å². The second kappa shape index (κ2) is 7.15. The van der Waals surface area contributed by atoms with Gasteiger partial charge in [-0.1, -0.05) is 17.7 Å². The van der Waals surface area contributed by atoms with E-state index in [4.69, 9.17) is 16.3 Å². The summed E-state index contributed by atoms with van der Waals surface area (Å²) in [6.45, 7) is 4.77. The first-order chi connectivity index (χ1) is 7.59. The highest BCUT2D eigenvalue weighted by atomic mass is 35.5. The highest BCUT2D eigenvalue weighted by Crippen LogP contribution is 2.22. The number of rotatable bonds is 6. The minimum atomic E-state index is -0.290. The third kappa shape index (κ3) is 5.19. The van der Waals surface area contributed by atoms with E-state index in [1.54, 1.807) is 17.8 Å². The van der Waals surface area contributed by atoms with E-state index in [0.29, 0.717) is 5.02 Å². The normalized spacial score (nSPS) is 11.1. The zero-order valence-corrected chi connectivity index (χ0v) is 11.1. The first kappa shape index (κ1) is 13.8. The summed E-state index contributed by atoms with van der Waals surface area (Å²) in [5.74, 6) is 1.42. The average molecular weight is 263 g/mol. The van der Waals surface area contributed by atoms with Crippen molar-refractivity contribution in [3.63, 3.8) is 0 Å². The Bertz CT molecular complexity index is 331. The molecule has 1 nitrogen and oxygen atoms in total. The van der Waals surface area contributed by atoms with E-state index in [-0.39, 0.29) is 11.9 Å². The Morgan fingerprint density at radius 1 is 1.44 bits per heavy atom. The molecule has 0 radical (unpaired) electrons. The second-order valence-electron chi connectivity index (χ2n) is 3.71. The van der Waals surface area contributed by atoms with Crippen molar-refractivity contribution in [3.05, 3.63) is 34.6 Å². The third-order valence-electron chi connectivity index (χ3n) is 1.95. The van der Waals surface area contributed by atoms with Crippen LogP contribution in [-0.2, 0) is 10.5 Å². The van der Waals surface area contributed by atoms with E-state index in [1.165, 1.54) is 12.1 Å². The van der Waals surface area contributed by atoms with Gasteiger partial charge in [-0.3, -0.25) is 0 Å². The lowest BCUT2D eigenvalue weighted by molar-refractivity contribution is 0.0920. The maximum Gasteiger partial charge on any atom is 0.124 e. The van der Waals surface area contributed by atoms with Crippen molar-refractivity contribution in [2.24, 2.45) is 0 Å². The van der Waals surface area contributed by atoms with Gasteiger partial charge in [0, 0.05) is 16.5 Å². The molecule has 4 heteroatoms. The topological polar surface area (TPSA) is 9.23 Å². The smallest absolute Gasteiger partial charge is 0.124 e. The monoisotopic (exact) mass is 262 g/mol. The van der Waals surface area contributed by atoms with Crippen molar-refractivity contribution in [1.29, 1.82) is 0 Å². The van der Waals surface area contributed by atoms with Crippen LogP contribution in [0.25, 0.3) is 0 Å². The molecule has 0 unspecified atom stereocenters. The van der Waals surface area contributed by atoms with Crippen LogP contribution in [-0.4, -0.2) is 18.5 Å². The molecule has 1 aromatic rings. The third-order valence-corrected chi connectivity index (χ3v) is 3.27. The van der Waals surface area contributed by atoms with Crippen LogP contribution in [0, 0.1) is 5.82 Å². The lowest BCUT2D eigenvalue weighted by atomic mass is 10.2. The van der Waals surface area contributed by atoms with E-state index in [9.17, 15) is 4.39 Å². The van der Waals surface area contributed by atoms with E-state index in [1.807, 2.05) is 13.8 Å². The lowest BCUT2D eigenvalue weighted by Crippen LogP contribution is -2.05. The summed E-state index contributed by atoms with van der Waals surface area (Å²) < 4.78 is 18.2. The number of ether oxygens (including phenoxy) is 1. The molecule has 1 rings (SSSR count).